The van der Waals surface area contributed by atoms with Crippen LogP contribution in [-0.2, 0) is 19.4 Å². The second kappa shape index (κ2) is 5.56. The van der Waals surface area contributed by atoms with Crippen LogP contribution >= 0.6 is 0 Å². The Labute approximate surface area is 122 Å². The van der Waals surface area contributed by atoms with Crippen LogP contribution in [0.15, 0.2) is 36.4 Å². The molecule has 0 saturated heterocycles. The molecule has 0 amide bonds. The zero-order chi connectivity index (χ0) is 14.8. The maximum atomic E-state index is 13.6. The summed E-state index contributed by atoms with van der Waals surface area (Å²) < 4.78 is 19.2. The fourth-order valence-corrected chi connectivity index (χ4v) is 2.63. The van der Waals surface area contributed by atoms with Crippen LogP contribution in [0.1, 0.15) is 33.5 Å². The number of carboxylic acid groups (broad SMARTS) is 1. The van der Waals surface area contributed by atoms with Gasteiger partial charge in [0.1, 0.15) is 18.2 Å². The van der Waals surface area contributed by atoms with Crippen LogP contribution in [0.4, 0.5) is 4.39 Å². The fourth-order valence-electron chi connectivity index (χ4n) is 2.63. The molecular formula is C17H15FO3. The quantitative estimate of drug-likeness (QED) is 0.934. The zero-order valence-corrected chi connectivity index (χ0v) is 11.4. The minimum absolute atomic E-state index is 0.218. The molecule has 0 unspecified atom stereocenters. The third-order valence-corrected chi connectivity index (χ3v) is 3.74. The van der Waals surface area contributed by atoms with Gasteiger partial charge in [0.05, 0.1) is 5.56 Å². The molecule has 0 aliphatic heterocycles. The van der Waals surface area contributed by atoms with Crippen LogP contribution in [0.5, 0.6) is 5.75 Å². The van der Waals surface area contributed by atoms with Gasteiger partial charge in [0.25, 0.3) is 0 Å². The second-order valence-electron chi connectivity index (χ2n) is 5.19. The average Bonchev–Trinajstić information content (AvgIpc) is 2.92. The molecule has 0 bridgehead atoms. The molecule has 3 rings (SSSR count). The molecular weight excluding hydrogens is 271 g/mol. The Kier molecular flexibility index (Phi) is 3.60. The summed E-state index contributed by atoms with van der Waals surface area (Å²) >= 11 is 0. The molecule has 0 atom stereocenters. The Balaban J connectivity index is 1.70. The number of fused-ring (bicyclic) bond motifs is 1. The summed E-state index contributed by atoms with van der Waals surface area (Å²) in [6.07, 6.45) is 3.38. The monoisotopic (exact) mass is 286 g/mol. The zero-order valence-electron chi connectivity index (χ0n) is 11.4. The second-order valence-corrected chi connectivity index (χ2v) is 5.19. The molecule has 108 valence electrons. The lowest BCUT2D eigenvalue weighted by Crippen LogP contribution is -2.03. The SMILES string of the molecule is O=C(O)c1ccc(COc2ccc3c(c2)CCC3)cc1F. The molecule has 0 radical (unpaired) electrons. The van der Waals surface area contributed by atoms with Crippen LogP contribution in [0.3, 0.4) is 0 Å². The van der Waals surface area contributed by atoms with Gasteiger partial charge in [0.15, 0.2) is 0 Å². The van der Waals surface area contributed by atoms with Crippen molar-refractivity contribution in [2.75, 3.05) is 0 Å². The highest BCUT2D eigenvalue weighted by molar-refractivity contribution is 5.87. The van der Waals surface area contributed by atoms with Crippen molar-refractivity contribution >= 4 is 5.97 Å². The highest BCUT2D eigenvalue weighted by Gasteiger charge is 2.12. The molecule has 4 heteroatoms. The number of hydrogen-bond acceptors (Lipinski definition) is 2. The van der Waals surface area contributed by atoms with E-state index in [1.165, 1.54) is 29.7 Å². The molecule has 1 aliphatic rings. The molecule has 3 nitrogen and oxygen atoms in total. The van der Waals surface area contributed by atoms with Crippen molar-refractivity contribution in [1.29, 1.82) is 0 Å². The predicted octanol–water partition coefficient (Wildman–Crippen LogP) is 3.59. The molecule has 1 N–H and O–H groups in total. The van der Waals surface area contributed by atoms with Crippen LogP contribution in [0.2, 0.25) is 0 Å². The number of ether oxygens (including phenoxy) is 1. The molecule has 21 heavy (non-hydrogen) atoms. The maximum absolute atomic E-state index is 13.6. The smallest absolute Gasteiger partial charge is 0.338 e. The first-order chi connectivity index (χ1) is 10.1. The normalized spacial score (nSPS) is 13.0. The Hall–Kier alpha value is -2.36. The van der Waals surface area contributed by atoms with Crippen molar-refractivity contribution in [3.63, 3.8) is 0 Å². The number of benzene rings is 2. The molecule has 2 aromatic carbocycles. The van der Waals surface area contributed by atoms with E-state index in [-0.39, 0.29) is 12.2 Å². The summed E-state index contributed by atoms with van der Waals surface area (Å²) in [4.78, 5) is 10.7. The summed E-state index contributed by atoms with van der Waals surface area (Å²) in [5.74, 6) is -1.24. The number of aromatic carboxylic acids is 1. The lowest BCUT2D eigenvalue weighted by atomic mass is 10.1. The van der Waals surface area contributed by atoms with Gasteiger partial charge in [-0.25, -0.2) is 9.18 Å². The maximum Gasteiger partial charge on any atom is 0.338 e. The van der Waals surface area contributed by atoms with E-state index in [2.05, 4.69) is 6.07 Å². The van der Waals surface area contributed by atoms with Crippen molar-refractivity contribution < 1.29 is 19.0 Å². The lowest BCUT2D eigenvalue weighted by Gasteiger charge is -2.09. The Morgan fingerprint density at radius 2 is 1.95 bits per heavy atom. The highest BCUT2D eigenvalue weighted by atomic mass is 19.1. The summed E-state index contributed by atoms with van der Waals surface area (Å²) in [5.41, 5.74) is 2.98. The van der Waals surface area contributed by atoms with Gasteiger partial charge in [0.2, 0.25) is 0 Å². The summed E-state index contributed by atoms with van der Waals surface area (Å²) in [5, 5.41) is 8.78. The molecule has 1 aliphatic carbocycles. The van der Waals surface area contributed by atoms with Gasteiger partial charge in [-0.15, -0.1) is 0 Å². The molecule has 0 aromatic heterocycles. The first-order valence-electron chi connectivity index (χ1n) is 6.90. The van der Waals surface area contributed by atoms with Crippen LogP contribution in [0.25, 0.3) is 0 Å². The van der Waals surface area contributed by atoms with E-state index in [1.54, 1.807) is 6.07 Å². The van der Waals surface area contributed by atoms with E-state index in [0.717, 1.165) is 18.6 Å². The van der Waals surface area contributed by atoms with Gasteiger partial charge in [-0.05, 0) is 60.2 Å². The van der Waals surface area contributed by atoms with Crippen molar-refractivity contribution in [1.82, 2.24) is 0 Å². The number of hydrogen-bond donors (Lipinski definition) is 1. The third-order valence-electron chi connectivity index (χ3n) is 3.74. The topological polar surface area (TPSA) is 46.5 Å². The molecule has 2 aromatic rings. The van der Waals surface area contributed by atoms with E-state index < -0.39 is 11.8 Å². The molecule has 0 spiro atoms. The predicted molar refractivity (Wildman–Crippen MR) is 76.2 cm³/mol. The van der Waals surface area contributed by atoms with Crippen molar-refractivity contribution in [3.05, 3.63) is 64.5 Å². The summed E-state index contributed by atoms with van der Waals surface area (Å²) in [7, 11) is 0. The van der Waals surface area contributed by atoms with Crippen LogP contribution in [-0.4, -0.2) is 11.1 Å². The number of carbonyl (C=O) groups is 1. The van der Waals surface area contributed by atoms with E-state index in [9.17, 15) is 9.18 Å². The minimum Gasteiger partial charge on any atom is -0.489 e. The largest absolute Gasteiger partial charge is 0.489 e. The van der Waals surface area contributed by atoms with Crippen LogP contribution in [0, 0.1) is 5.82 Å². The summed E-state index contributed by atoms with van der Waals surface area (Å²) in [6, 6.07) is 10.1. The van der Waals surface area contributed by atoms with Crippen molar-refractivity contribution in [2.45, 2.75) is 25.9 Å². The Bertz CT molecular complexity index is 694. The lowest BCUT2D eigenvalue weighted by molar-refractivity contribution is 0.0692. The van der Waals surface area contributed by atoms with E-state index in [4.69, 9.17) is 9.84 Å². The third kappa shape index (κ3) is 2.89. The van der Waals surface area contributed by atoms with Gasteiger partial charge in [-0.3, -0.25) is 0 Å². The average molecular weight is 286 g/mol. The molecule has 0 heterocycles. The van der Waals surface area contributed by atoms with Gasteiger partial charge in [-0.1, -0.05) is 12.1 Å². The van der Waals surface area contributed by atoms with Gasteiger partial charge >= 0.3 is 5.97 Å². The fraction of sp³-hybridized carbons (Fsp3) is 0.235. The molecule has 0 saturated carbocycles. The summed E-state index contributed by atoms with van der Waals surface area (Å²) in [6.45, 7) is 0.218. The standard InChI is InChI=1S/C17H15FO3/c18-16-8-11(4-7-15(16)17(19)20)10-21-14-6-5-12-2-1-3-13(12)9-14/h4-9H,1-3,10H2,(H,19,20). The van der Waals surface area contributed by atoms with Crippen LogP contribution < -0.4 is 4.74 Å². The van der Waals surface area contributed by atoms with E-state index in [0.29, 0.717) is 5.56 Å². The Morgan fingerprint density at radius 1 is 1.14 bits per heavy atom. The van der Waals surface area contributed by atoms with E-state index in [1.807, 2.05) is 12.1 Å². The first-order valence-corrected chi connectivity index (χ1v) is 6.90. The van der Waals surface area contributed by atoms with Crippen molar-refractivity contribution in [3.8, 4) is 5.75 Å². The number of halogens is 1. The van der Waals surface area contributed by atoms with Gasteiger partial charge in [-0.2, -0.15) is 0 Å². The van der Waals surface area contributed by atoms with Gasteiger partial charge < -0.3 is 9.84 Å². The number of carboxylic acids is 1. The van der Waals surface area contributed by atoms with E-state index >= 15 is 0 Å². The molecule has 0 fully saturated rings. The Morgan fingerprint density at radius 3 is 2.71 bits per heavy atom. The number of rotatable bonds is 4. The van der Waals surface area contributed by atoms with Gasteiger partial charge in [0, 0.05) is 0 Å². The number of aryl methyl sites for hydroxylation is 2. The minimum atomic E-state index is -1.27. The highest BCUT2D eigenvalue weighted by Crippen LogP contribution is 2.26. The first kappa shape index (κ1) is 13.6. The van der Waals surface area contributed by atoms with Crippen molar-refractivity contribution in [2.24, 2.45) is 0 Å².